The van der Waals surface area contributed by atoms with Crippen molar-refractivity contribution in [3.63, 3.8) is 0 Å². The highest BCUT2D eigenvalue weighted by molar-refractivity contribution is 8.00. The van der Waals surface area contributed by atoms with Gasteiger partial charge >= 0.3 is 0 Å². The van der Waals surface area contributed by atoms with Crippen molar-refractivity contribution in [2.75, 3.05) is 13.2 Å². The maximum absolute atomic E-state index is 12.1. The van der Waals surface area contributed by atoms with E-state index in [1.807, 2.05) is 57.2 Å². The summed E-state index contributed by atoms with van der Waals surface area (Å²) in [5, 5.41) is 4.52. The Morgan fingerprint density at radius 2 is 2.00 bits per heavy atom. The summed E-state index contributed by atoms with van der Waals surface area (Å²) >= 11 is 1.38. The molecule has 2 aromatic rings. The maximum atomic E-state index is 12.1. The van der Waals surface area contributed by atoms with Crippen LogP contribution in [-0.2, 0) is 4.79 Å². The van der Waals surface area contributed by atoms with Crippen molar-refractivity contribution >= 4 is 23.9 Å². The van der Waals surface area contributed by atoms with Gasteiger partial charge in [0.1, 0.15) is 0 Å². The fraction of sp³-hybridized carbons (Fsp3) is 0.316. The molecule has 26 heavy (non-hydrogen) atoms. The van der Waals surface area contributed by atoms with Crippen LogP contribution in [0, 0.1) is 0 Å². The van der Waals surface area contributed by atoms with Crippen molar-refractivity contribution in [2.24, 2.45) is 5.10 Å². The smallest absolute Gasteiger partial charge is 0.253 e. The highest BCUT2D eigenvalue weighted by atomic mass is 32.2. The minimum Gasteiger partial charge on any atom is -0.490 e. The van der Waals surface area contributed by atoms with E-state index < -0.39 is 0 Å². The number of aromatic nitrogens is 1. The molecule has 0 aliphatic rings. The maximum Gasteiger partial charge on any atom is 0.253 e. The molecule has 0 fully saturated rings. The van der Waals surface area contributed by atoms with E-state index in [1.54, 1.807) is 12.4 Å². The average molecular weight is 373 g/mol. The molecule has 1 aromatic carbocycles. The zero-order chi connectivity index (χ0) is 18.8. The monoisotopic (exact) mass is 373 g/mol. The van der Waals surface area contributed by atoms with Gasteiger partial charge < -0.3 is 9.47 Å². The normalized spacial score (nSPS) is 12.0. The van der Waals surface area contributed by atoms with Gasteiger partial charge in [-0.25, -0.2) is 10.4 Å². The summed E-state index contributed by atoms with van der Waals surface area (Å²) in [6.07, 6.45) is 3.28. The van der Waals surface area contributed by atoms with Crippen LogP contribution in [0.2, 0.25) is 0 Å². The minimum absolute atomic E-state index is 0.187. The summed E-state index contributed by atoms with van der Waals surface area (Å²) in [5.74, 6) is 1.16. The summed E-state index contributed by atoms with van der Waals surface area (Å²) in [7, 11) is 0. The lowest BCUT2D eigenvalue weighted by atomic mass is 10.2. The van der Waals surface area contributed by atoms with Crippen LogP contribution in [-0.4, -0.2) is 35.6 Å². The molecule has 1 atom stereocenters. The molecule has 1 unspecified atom stereocenters. The molecule has 1 aromatic heterocycles. The Bertz CT molecular complexity index is 738. The number of thioether (sulfide) groups is 1. The Balaban J connectivity index is 1.94. The summed E-state index contributed by atoms with van der Waals surface area (Å²) in [6.45, 7) is 6.76. The Kier molecular flexibility index (Phi) is 7.95. The van der Waals surface area contributed by atoms with E-state index >= 15 is 0 Å². The molecule has 0 aliphatic heterocycles. The van der Waals surface area contributed by atoms with Crippen molar-refractivity contribution in [3.8, 4) is 11.5 Å². The number of carbonyl (C=O) groups is 1. The summed E-state index contributed by atoms with van der Waals surface area (Å²) in [5.41, 5.74) is 3.36. The van der Waals surface area contributed by atoms with E-state index in [4.69, 9.17) is 9.47 Å². The first-order valence-corrected chi connectivity index (χ1v) is 9.32. The second-order valence-electron chi connectivity index (χ2n) is 5.23. The molecule has 0 spiro atoms. The fourth-order valence-corrected chi connectivity index (χ4v) is 2.86. The van der Waals surface area contributed by atoms with Gasteiger partial charge in [0, 0.05) is 6.20 Å². The van der Waals surface area contributed by atoms with Crippen molar-refractivity contribution in [1.82, 2.24) is 10.4 Å². The molecule has 2 rings (SSSR count). The highest BCUT2D eigenvalue weighted by Gasteiger charge is 2.14. The highest BCUT2D eigenvalue weighted by Crippen LogP contribution is 2.28. The van der Waals surface area contributed by atoms with Crippen molar-refractivity contribution in [1.29, 1.82) is 0 Å². The first-order valence-electron chi connectivity index (χ1n) is 8.44. The molecular weight excluding hydrogens is 350 g/mol. The number of hydrogen-bond donors (Lipinski definition) is 1. The van der Waals surface area contributed by atoms with Gasteiger partial charge in [-0.3, -0.25) is 4.79 Å². The molecule has 0 bridgehead atoms. The van der Waals surface area contributed by atoms with E-state index in [0.717, 1.165) is 10.6 Å². The molecule has 138 valence electrons. The van der Waals surface area contributed by atoms with Crippen LogP contribution in [0.1, 0.15) is 26.3 Å². The lowest BCUT2D eigenvalue weighted by Crippen LogP contribution is -2.26. The predicted octanol–water partition coefficient (Wildman–Crippen LogP) is 3.51. The lowest BCUT2D eigenvalue weighted by Gasteiger charge is -2.11. The molecular formula is C19H23N3O3S. The van der Waals surface area contributed by atoms with Crippen LogP contribution in [0.3, 0.4) is 0 Å². The number of rotatable bonds is 9. The van der Waals surface area contributed by atoms with E-state index in [9.17, 15) is 4.79 Å². The predicted molar refractivity (Wildman–Crippen MR) is 104 cm³/mol. The number of pyridine rings is 1. The van der Waals surface area contributed by atoms with Gasteiger partial charge in [0.05, 0.1) is 29.7 Å². The standard InChI is InChI=1S/C19H23N3O3S/c1-4-24-16-10-9-15(12-17(16)25-5-2)13-21-22-19(23)14(3)26-18-8-6-7-11-20-18/h6-14H,4-5H2,1-3H3,(H,22,23). The Labute approximate surface area is 158 Å². The zero-order valence-corrected chi connectivity index (χ0v) is 16.0. The molecule has 0 radical (unpaired) electrons. The molecule has 1 N–H and O–H groups in total. The van der Waals surface area contributed by atoms with E-state index in [2.05, 4.69) is 15.5 Å². The van der Waals surface area contributed by atoms with Gasteiger partial charge in [-0.05, 0) is 56.7 Å². The SMILES string of the molecule is CCOc1ccc(C=NNC(=O)C(C)Sc2ccccn2)cc1OCC. The van der Waals surface area contributed by atoms with Crippen LogP contribution < -0.4 is 14.9 Å². The number of nitrogens with one attached hydrogen (secondary N) is 1. The van der Waals surface area contributed by atoms with Crippen LogP contribution in [0.15, 0.2) is 52.7 Å². The average Bonchev–Trinajstić information content (AvgIpc) is 2.65. The number of hydrazone groups is 1. The Morgan fingerprint density at radius 3 is 2.69 bits per heavy atom. The number of nitrogens with zero attached hydrogens (tertiary/aromatic N) is 2. The number of ether oxygens (including phenoxy) is 2. The van der Waals surface area contributed by atoms with E-state index in [1.165, 1.54) is 11.8 Å². The number of amides is 1. The summed E-state index contributed by atoms with van der Waals surface area (Å²) in [6, 6.07) is 11.1. The molecule has 7 heteroatoms. The van der Waals surface area contributed by atoms with Gasteiger partial charge in [-0.2, -0.15) is 5.10 Å². The number of benzene rings is 1. The quantitative estimate of drug-likeness (QED) is 0.414. The molecule has 0 saturated carbocycles. The minimum atomic E-state index is -0.304. The van der Waals surface area contributed by atoms with Crippen LogP contribution in [0.25, 0.3) is 0 Å². The van der Waals surface area contributed by atoms with Crippen molar-refractivity contribution in [3.05, 3.63) is 48.2 Å². The van der Waals surface area contributed by atoms with E-state index in [0.29, 0.717) is 24.7 Å². The largest absolute Gasteiger partial charge is 0.490 e. The van der Waals surface area contributed by atoms with Gasteiger partial charge in [-0.15, -0.1) is 0 Å². The summed E-state index contributed by atoms with van der Waals surface area (Å²) in [4.78, 5) is 16.3. The first-order chi connectivity index (χ1) is 12.6. The molecule has 1 amide bonds. The Hall–Kier alpha value is -2.54. The third-order valence-electron chi connectivity index (χ3n) is 3.26. The van der Waals surface area contributed by atoms with Crippen molar-refractivity contribution in [2.45, 2.75) is 31.0 Å². The third kappa shape index (κ3) is 6.07. The van der Waals surface area contributed by atoms with Crippen molar-refractivity contribution < 1.29 is 14.3 Å². The lowest BCUT2D eigenvalue weighted by molar-refractivity contribution is -0.120. The third-order valence-corrected chi connectivity index (χ3v) is 4.31. The second kappa shape index (κ2) is 10.5. The molecule has 0 saturated heterocycles. The zero-order valence-electron chi connectivity index (χ0n) is 15.1. The van der Waals surface area contributed by atoms with Gasteiger partial charge in [0.2, 0.25) is 0 Å². The van der Waals surface area contributed by atoms with Crippen LogP contribution in [0.4, 0.5) is 0 Å². The number of hydrogen-bond acceptors (Lipinski definition) is 6. The topological polar surface area (TPSA) is 72.8 Å². The molecule has 1 heterocycles. The fourth-order valence-electron chi connectivity index (χ4n) is 2.06. The van der Waals surface area contributed by atoms with Gasteiger partial charge in [0.25, 0.3) is 5.91 Å². The van der Waals surface area contributed by atoms with Gasteiger partial charge in [-0.1, -0.05) is 17.8 Å². The Morgan fingerprint density at radius 1 is 1.23 bits per heavy atom. The van der Waals surface area contributed by atoms with Gasteiger partial charge in [0.15, 0.2) is 11.5 Å². The molecule has 6 nitrogen and oxygen atoms in total. The number of carbonyl (C=O) groups excluding carboxylic acids is 1. The molecule has 0 aliphatic carbocycles. The first kappa shape index (κ1) is 19.8. The summed E-state index contributed by atoms with van der Waals surface area (Å²) < 4.78 is 11.1. The van der Waals surface area contributed by atoms with Crippen LogP contribution >= 0.6 is 11.8 Å². The van der Waals surface area contributed by atoms with E-state index in [-0.39, 0.29) is 11.2 Å². The second-order valence-corrected chi connectivity index (χ2v) is 6.60. The van der Waals surface area contributed by atoms with Crippen LogP contribution in [0.5, 0.6) is 11.5 Å².